The molecule has 4 rings (SSSR count). The normalized spacial score (nSPS) is 26.3. The van der Waals surface area contributed by atoms with Crippen LogP contribution in [0, 0.1) is 23.7 Å². The van der Waals surface area contributed by atoms with Gasteiger partial charge in [0.2, 0.25) is 0 Å². The molecule has 1 heterocycles. The van der Waals surface area contributed by atoms with Crippen LogP contribution in [0.4, 0.5) is 26.3 Å². The van der Waals surface area contributed by atoms with E-state index in [1.807, 2.05) is 36.4 Å². The molecular weight excluding hydrogens is 603 g/mol. The fourth-order valence-electron chi connectivity index (χ4n) is 6.28. The number of halogens is 8. The van der Waals surface area contributed by atoms with Crippen molar-refractivity contribution in [1.82, 2.24) is 4.90 Å². The van der Waals surface area contributed by atoms with E-state index < -0.39 is 48.2 Å². The fourth-order valence-corrected chi connectivity index (χ4v) is 6.67. The maximum Gasteiger partial charge on any atom is 0.412 e. The number of benzene rings is 1. The molecule has 0 bridgehead atoms. The average Bonchev–Trinajstić information content (AvgIpc) is 2.94. The zero-order valence-electron chi connectivity index (χ0n) is 23.2. The number of ether oxygens (including phenoxy) is 1. The van der Waals surface area contributed by atoms with Crippen LogP contribution in [0.5, 0.6) is 0 Å². The zero-order chi connectivity index (χ0) is 30.5. The largest absolute Gasteiger partial charge is 0.412 e. The van der Waals surface area contributed by atoms with Gasteiger partial charge in [-0.15, -0.1) is 0 Å². The molecular formula is C31H37Cl2F6NO2. The molecule has 3 aliphatic rings. The van der Waals surface area contributed by atoms with E-state index in [2.05, 4.69) is 4.90 Å². The zero-order valence-corrected chi connectivity index (χ0v) is 24.8. The summed E-state index contributed by atoms with van der Waals surface area (Å²) in [6.45, 7) is 2.31. The van der Waals surface area contributed by atoms with Crippen LogP contribution >= 0.6 is 23.2 Å². The lowest BCUT2D eigenvalue weighted by Gasteiger charge is -2.39. The van der Waals surface area contributed by atoms with Crippen molar-refractivity contribution in [1.29, 1.82) is 0 Å². The van der Waals surface area contributed by atoms with Crippen LogP contribution < -0.4 is 0 Å². The second kappa shape index (κ2) is 14.1. The lowest BCUT2D eigenvalue weighted by molar-refractivity contribution is -0.171. The highest BCUT2D eigenvalue weighted by Crippen LogP contribution is 2.44. The number of allylic oxidation sites excluding steroid dienone is 6. The van der Waals surface area contributed by atoms with Crippen molar-refractivity contribution in [3.8, 4) is 0 Å². The molecule has 1 aromatic carbocycles. The third kappa shape index (κ3) is 9.00. The predicted molar refractivity (Wildman–Crippen MR) is 152 cm³/mol. The van der Waals surface area contributed by atoms with Crippen molar-refractivity contribution in [3.05, 3.63) is 69.8 Å². The van der Waals surface area contributed by atoms with Crippen LogP contribution in [0.2, 0.25) is 0 Å². The van der Waals surface area contributed by atoms with Gasteiger partial charge in [0.05, 0.1) is 16.6 Å². The van der Waals surface area contributed by atoms with Crippen LogP contribution in [0.1, 0.15) is 50.5 Å². The molecule has 0 spiro atoms. The first-order valence-corrected chi connectivity index (χ1v) is 15.1. The Bertz CT molecular complexity index is 1130. The molecule has 0 aromatic heterocycles. The number of hydrogen-bond acceptors (Lipinski definition) is 3. The second-order valence-corrected chi connectivity index (χ2v) is 12.6. The molecule has 1 fully saturated rings. The second-order valence-electron chi connectivity index (χ2n) is 11.8. The highest BCUT2D eigenvalue weighted by molar-refractivity contribution is 6.40. The van der Waals surface area contributed by atoms with E-state index in [1.54, 1.807) is 6.08 Å². The van der Waals surface area contributed by atoms with Gasteiger partial charge in [-0.05, 0) is 80.9 Å². The smallest absolute Gasteiger partial charge is 0.385 e. The first kappa shape index (κ1) is 33.4. The van der Waals surface area contributed by atoms with E-state index in [0.29, 0.717) is 41.8 Å². The summed E-state index contributed by atoms with van der Waals surface area (Å²) in [5.74, 6) is -2.79. The maximum absolute atomic E-state index is 13.3. The predicted octanol–water partition coefficient (Wildman–Crippen LogP) is 8.73. The van der Waals surface area contributed by atoms with E-state index >= 15 is 0 Å². The van der Waals surface area contributed by atoms with Gasteiger partial charge in [0.15, 0.2) is 0 Å². The standard InChI is InChI=1S/C31H37Cl2F6NO2/c32-27-7-6-23(18-28(27)33)22(8-12-40-13-10-29(41,11-14-40)24-4-2-1-3-5-24)9-15-42-20-21-16-25(30(34,35)36)19-26(17-21)31(37,38)39/h1-7,19,21-23,25,41H,8-18,20H2. The molecule has 4 unspecified atom stereocenters. The lowest BCUT2D eigenvalue weighted by Crippen LogP contribution is -2.43. The van der Waals surface area contributed by atoms with Gasteiger partial charge in [0, 0.05) is 36.9 Å². The van der Waals surface area contributed by atoms with Crippen molar-refractivity contribution in [2.75, 3.05) is 32.8 Å². The summed E-state index contributed by atoms with van der Waals surface area (Å²) in [4.78, 5) is 2.31. The summed E-state index contributed by atoms with van der Waals surface area (Å²) in [6, 6.07) is 9.65. The van der Waals surface area contributed by atoms with Gasteiger partial charge in [-0.25, -0.2) is 0 Å². The number of nitrogens with zero attached hydrogens (tertiary/aromatic N) is 1. The highest BCUT2D eigenvalue weighted by Gasteiger charge is 2.46. The number of aliphatic hydroxyl groups is 1. The fraction of sp³-hybridized carbons (Fsp3) is 0.613. The molecule has 3 nitrogen and oxygen atoms in total. The summed E-state index contributed by atoms with van der Waals surface area (Å²) >= 11 is 12.5. The number of hydrogen-bond donors (Lipinski definition) is 1. The average molecular weight is 641 g/mol. The monoisotopic (exact) mass is 639 g/mol. The van der Waals surface area contributed by atoms with Crippen molar-refractivity contribution in [2.45, 2.75) is 62.9 Å². The van der Waals surface area contributed by atoms with Gasteiger partial charge >= 0.3 is 12.4 Å². The molecule has 0 saturated carbocycles. The van der Waals surface area contributed by atoms with Gasteiger partial charge in [-0.1, -0.05) is 65.7 Å². The number of rotatable bonds is 10. The van der Waals surface area contributed by atoms with Crippen molar-refractivity contribution < 1.29 is 36.2 Å². The van der Waals surface area contributed by atoms with Crippen LogP contribution in [0.25, 0.3) is 0 Å². The van der Waals surface area contributed by atoms with E-state index in [9.17, 15) is 31.4 Å². The Morgan fingerprint density at radius 1 is 1.00 bits per heavy atom. The van der Waals surface area contributed by atoms with Crippen molar-refractivity contribution in [3.63, 3.8) is 0 Å². The number of alkyl halides is 6. The molecule has 1 saturated heterocycles. The minimum absolute atomic E-state index is 0.0821. The van der Waals surface area contributed by atoms with Crippen molar-refractivity contribution in [2.24, 2.45) is 23.7 Å². The number of likely N-dealkylation sites (tertiary alicyclic amines) is 1. The summed E-state index contributed by atoms with van der Waals surface area (Å²) in [6.07, 6.45) is -3.13. The summed E-state index contributed by atoms with van der Waals surface area (Å²) in [7, 11) is 0. The molecule has 4 atom stereocenters. The van der Waals surface area contributed by atoms with Crippen molar-refractivity contribution >= 4 is 23.2 Å². The number of piperidine rings is 1. The van der Waals surface area contributed by atoms with E-state index in [4.69, 9.17) is 27.9 Å². The molecule has 0 radical (unpaired) electrons. The van der Waals surface area contributed by atoms with Gasteiger partial charge in [-0.3, -0.25) is 0 Å². The van der Waals surface area contributed by atoms with Gasteiger partial charge in [-0.2, -0.15) is 26.3 Å². The molecule has 1 aliphatic heterocycles. The van der Waals surface area contributed by atoms with Gasteiger partial charge in [0.1, 0.15) is 0 Å². The molecule has 2 aliphatic carbocycles. The molecule has 11 heteroatoms. The van der Waals surface area contributed by atoms with Crippen LogP contribution in [-0.4, -0.2) is 55.2 Å². The Balaban J connectivity index is 1.31. The van der Waals surface area contributed by atoms with Gasteiger partial charge < -0.3 is 14.7 Å². The summed E-state index contributed by atoms with van der Waals surface area (Å²) in [5, 5.41) is 12.2. The molecule has 1 aromatic rings. The molecule has 234 valence electrons. The Kier molecular flexibility index (Phi) is 11.2. The van der Waals surface area contributed by atoms with Crippen LogP contribution in [0.15, 0.2) is 64.2 Å². The third-order valence-electron chi connectivity index (χ3n) is 8.85. The van der Waals surface area contributed by atoms with E-state index in [-0.39, 0.29) is 25.0 Å². The third-order valence-corrected chi connectivity index (χ3v) is 9.66. The molecule has 0 amide bonds. The quantitative estimate of drug-likeness (QED) is 0.158. The minimum Gasteiger partial charge on any atom is -0.385 e. The first-order chi connectivity index (χ1) is 19.7. The Labute approximate surface area is 253 Å². The first-order valence-electron chi connectivity index (χ1n) is 14.4. The SMILES string of the molecule is OC1(c2ccccc2)CCN(CCC(CCOCC2CC(C(F)(F)F)=CC(C(F)(F)F)C2)C2C=CC(Cl)=C(Cl)C2)CC1. The van der Waals surface area contributed by atoms with E-state index in [1.165, 1.54) is 0 Å². The summed E-state index contributed by atoms with van der Waals surface area (Å²) < 4.78 is 85.5. The Morgan fingerprint density at radius 2 is 1.69 bits per heavy atom. The Morgan fingerprint density at radius 3 is 2.31 bits per heavy atom. The van der Waals surface area contributed by atoms with E-state index in [0.717, 1.165) is 31.6 Å². The molecule has 1 N–H and O–H groups in total. The topological polar surface area (TPSA) is 32.7 Å². The summed E-state index contributed by atoms with van der Waals surface area (Å²) in [5.41, 5.74) is -1.06. The molecule has 42 heavy (non-hydrogen) atoms. The Hall–Kier alpha value is -1.52. The minimum atomic E-state index is -4.79. The van der Waals surface area contributed by atoms with Crippen LogP contribution in [0.3, 0.4) is 0 Å². The van der Waals surface area contributed by atoms with Gasteiger partial charge in [0.25, 0.3) is 0 Å². The highest BCUT2D eigenvalue weighted by atomic mass is 35.5. The van der Waals surface area contributed by atoms with Crippen LogP contribution in [-0.2, 0) is 10.3 Å². The maximum atomic E-state index is 13.3. The lowest BCUT2D eigenvalue weighted by atomic mass is 9.81.